The highest BCUT2D eigenvalue weighted by Crippen LogP contribution is 2.33. The van der Waals surface area contributed by atoms with Crippen LogP contribution in [0.1, 0.15) is 12.0 Å². The van der Waals surface area contributed by atoms with Gasteiger partial charge in [-0.05, 0) is 48.9 Å². The summed E-state index contributed by atoms with van der Waals surface area (Å²) >= 11 is 12.4. The van der Waals surface area contributed by atoms with Gasteiger partial charge in [0.25, 0.3) is 0 Å². The fourth-order valence-corrected chi connectivity index (χ4v) is 3.85. The van der Waals surface area contributed by atoms with Crippen LogP contribution in [-0.2, 0) is 6.61 Å². The van der Waals surface area contributed by atoms with Crippen molar-refractivity contribution in [2.75, 3.05) is 23.3 Å². The molecule has 4 rings (SSSR count). The Morgan fingerprint density at radius 2 is 1.93 bits per heavy atom. The molecule has 3 aromatic rings. The number of aliphatic hydroxyl groups excluding tert-OH is 1. The van der Waals surface area contributed by atoms with E-state index in [9.17, 15) is 5.11 Å². The quantitative estimate of drug-likeness (QED) is 0.551. The lowest BCUT2D eigenvalue weighted by molar-refractivity contribution is 0.281. The molecule has 0 spiro atoms. The summed E-state index contributed by atoms with van der Waals surface area (Å²) in [6.45, 7) is 1.60. The molecule has 2 aromatic carbocycles. The third kappa shape index (κ3) is 4.58. The van der Waals surface area contributed by atoms with E-state index in [1.807, 2.05) is 48.5 Å². The molecule has 1 aromatic heterocycles. The maximum absolute atomic E-state index is 9.91. The van der Waals surface area contributed by atoms with Crippen molar-refractivity contribution in [2.24, 2.45) is 0 Å². The Labute approximate surface area is 179 Å². The maximum atomic E-state index is 9.91. The van der Waals surface area contributed by atoms with Gasteiger partial charge in [-0.2, -0.15) is 0 Å². The minimum absolute atomic E-state index is 0.0737. The molecule has 1 aliphatic rings. The van der Waals surface area contributed by atoms with Gasteiger partial charge < -0.3 is 20.1 Å². The summed E-state index contributed by atoms with van der Waals surface area (Å²) < 4.78 is 5.89. The van der Waals surface area contributed by atoms with Crippen LogP contribution in [0, 0.1) is 0 Å². The van der Waals surface area contributed by atoms with Gasteiger partial charge in [0.1, 0.15) is 17.3 Å². The zero-order valence-electron chi connectivity index (χ0n) is 15.7. The Morgan fingerprint density at radius 3 is 2.72 bits per heavy atom. The van der Waals surface area contributed by atoms with E-state index in [-0.39, 0.29) is 12.6 Å². The molecule has 1 fully saturated rings. The first kappa shape index (κ1) is 19.8. The summed E-state index contributed by atoms with van der Waals surface area (Å²) in [6, 6.07) is 16.9. The van der Waals surface area contributed by atoms with Crippen LogP contribution >= 0.6 is 23.2 Å². The molecule has 0 radical (unpaired) electrons. The summed E-state index contributed by atoms with van der Waals surface area (Å²) in [5.74, 6) is 1.93. The Balaban J connectivity index is 1.47. The van der Waals surface area contributed by atoms with E-state index in [2.05, 4.69) is 15.2 Å². The molecule has 1 unspecified atom stereocenters. The van der Waals surface area contributed by atoms with E-state index in [1.54, 1.807) is 12.3 Å². The maximum Gasteiger partial charge on any atom is 0.146 e. The molecule has 1 atom stereocenters. The zero-order chi connectivity index (χ0) is 20.2. The van der Waals surface area contributed by atoms with Crippen LogP contribution in [0.3, 0.4) is 0 Å². The molecule has 0 aliphatic carbocycles. The number of nitrogens with zero attached hydrogens (tertiary/aromatic N) is 2. The topological polar surface area (TPSA) is 57.6 Å². The normalized spacial score (nSPS) is 16.1. The molecule has 0 bridgehead atoms. The zero-order valence-corrected chi connectivity index (χ0v) is 17.2. The van der Waals surface area contributed by atoms with E-state index in [4.69, 9.17) is 27.9 Å². The van der Waals surface area contributed by atoms with Crippen molar-refractivity contribution in [1.82, 2.24) is 4.98 Å². The predicted molar refractivity (Wildman–Crippen MR) is 117 cm³/mol. The molecule has 0 saturated carbocycles. The number of halogens is 2. The fourth-order valence-electron chi connectivity index (χ4n) is 3.50. The van der Waals surface area contributed by atoms with E-state index < -0.39 is 0 Å². The lowest BCUT2D eigenvalue weighted by Gasteiger charge is -2.22. The highest BCUT2D eigenvalue weighted by molar-refractivity contribution is 6.33. The summed E-state index contributed by atoms with van der Waals surface area (Å²) in [5.41, 5.74) is 1.81. The predicted octanol–water partition coefficient (Wildman–Crippen LogP) is 5.36. The molecule has 5 nitrogen and oxygen atoms in total. The molecule has 7 heteroatoms. The van der Waals surface area contributed by atoms with Gasteiger partial charge >= 0.3 is 0 Å². The second kappa shape index (κ2) is 8.91. The number of benzene rings is 2. The average Bonchev–Trinajstić information content (AvgIpc) is 3.19. The number of aliphatic hydroxyl groups is 1. The monoisotopic (exact) mass is 429 g/mol. The van der Waals surface area contributed by atoms with Crippen LogP contribution < -0.4 is 15.0 Å². The van der Waals surface area contributed by atoms with Crippen LogP contribution in [-0.4, -0.2) is 29.2 Å². The lowest BCUT2D eigenvalue weighted by atomic mass is 10.1. The van der Waals surface area contributed by atoms with Gasteiger partial charge in [-0.3, -0.25) is 0 Å². The van der Waals surface area contributed by atoms with Gasteiger partial charge in [0, 0.05) is 36.6 Å². The van der Waals surface area contributed by atoms with Crippen molar-refractivity contribution in [3.8, 4) is 11.5 Å². The molecule has 29 heavy (non-hydrogen) atoms. The number of hydrogen-bond donors (Lipinski definition) is 2. The van der Waals surface area contributed by atoms with Crippen molar-refractivity contribution < 1.29 is 9.84 Å². The first-order valence-corrected chi connectivity index (χ1v) is 10.2. The lowest BCUT2D eigenvalue weighted by Crippen LogP contribution is -2.27. The Morgan fingerprint density at radius 1 is 1.10 bits per heavy atom. The number of pyridine rings is 1. The Kier molecular flexibility index (Phi) is 6.09. The molecule has 150 valence electrons. The number of nitrogens with one attached hydrogen (secondary N) is 1. The second-order valence-corrected chi connectivity index (χ2v) is 7.71. The number of hydrogen-bond acceptors (Lipinski definition) is 5. The second-order valence-electron chi connectivity index (χ2n) is 6.89. The first-order valence-electron chi connectivity index (χ1n) is 9.42. The molecule has 2 heterocycles. The molecular formula is C22H21Cl2N3O2. The fraction of sp³-hybridized carbons (Fsp3) is 0.227. The molecule has 0 amide bonds. The van der Waals surface area contributed by atoms with Gasteiger partial charge in [-0.15, -0.1) is 0 Å². The highest BCUT2D eigenvalue weighted by atomic mass is 35.5. The van der Waals surface area contributed by atoms with Crippen molar-refractivity contribution in [1.29, 1.82) is 0 Å². The van der Waals surface area contributed by atoms with Gasteiger partial charge in [-0.1, -0.05) is 35.3 Å². The third-order valence-corrected chi connectivity index (χ3v) is 5.53. The standard InChI is InChI=1S/C22H21Cl2N3O2/c23-18-4-1-2-6-21(18)29-17-7-8-20(15(12-17)14-28)27-11-9-16(13-27)26-22-19(24)5-3-10-25-22/h1-8,10,12,16,28H,9,11,13-14H2,(H,25,26). The van der Waals surface area contributed by atoms with Crippen molar-refractivity contribution in [3.63, 3.8) is 0 Å². The van der Waals surface area contributed by atoms with Gasteiger partial charge in [-0.25, -0.2) is 4.98 Å². The van der Waals surface area contributed by atoms with Gasteiger partial charge in [0.05, 0.1) is 16.7 Å². The molecule has 1 aliphatic heterocycles. The summed E-state index contributed by atoms with van der Waals surface area (Å²) in [4.78, 5) is 6.55. The van der Waals surface area contributed by atoms with Crippen molar-refractivity contribution in [2.45, 2.75) is 19.1 Å². The number of para-hydroxylation sites is 1. The smallest absolute Gasteiger partial charge is 0.146 e. The molecule has 1 saturated heterocycles. The van der Waals surface area contributed by atoms with E-state index in [0.717, 1.165) is 30.8 Å². The number of rotatable bonds is 6. The Hall–Kier alpha value is -2.47. The third-order valence-electron chi connectivity index (χ3n) is 4.91. The number of aromatic nitrogens is 1. The van der Waals surface area contributed by atoms with Crippen LogP contribution in [0.25, 0.3) is 0 Å². The summed E-state index contributed by atoms with van der Waals surface area (Å²) in [7, 11) is 0. The van der Waals surface area contributed by atoms with Crippen LogP contribution in [0.2, 0.25) is 10.0 Å². The van der Waals surface area contributed by atoms with Crippen LogP contribution in [0.5, 0.6) is 11.5 Å². The van der Waals surface area contributed by atoms with E-state index in [0.29, 0.717) is 27.4 Å². The van der Waals surface area contributed by atoms with Crippen molar-refractivity contribution >= 4 is 34.7 Å². The summed E-state index contributed by atoms with van der Waals surface area (Å²) in [6.07, 6.45) is 2.68. The number of ether oxygens (including phenoxy) is 1. The molecule has 2 N–H and O–H groups in total. The first-order chi connectivity index (χ1) is 14.1. The largest absolute Gasteiger partial charge is 0.456 e. The van der Waals surface area contributed by atoms with E-state index in [1.165, 1.54) is 0 Å². The highest BCUT2D eigenvalue weighted by Gasteiger charge is 2.25. The van der Waals surface area contributed by atoms with E-state index >= 15 is 0 Å². The Bertz CT molecular complexity index is 999. The van der Waals surface area contributed by atoms with Gasteiger partial charge in [0.2, 0.25) is 0 Å². The minimum Gasteiger partial charge on any atom is -0.456 e. The van der Waals surface area contributed by atoms with Gasteiger partial charge in [0.15, 0.2) is 0 Å². The van der Waals surface area contributed by atoms with Crippen LogP contribution in [0.4, 0.5) is 11.5 Å². The van der Waals surface area contributed by atoms with Crippen LogP contribution in [0.15, 0.2) is 60.8 Å². The summed E-state index contributed by atoms with van der Waals surface area (Å²) in [5, 5.41) is 14.5. The van der Waals surface area contributed by atoms with Crippen molar-refractivity contribution in [3.05, 3.63) is 76.4 Å². The molecular weight excluding hydrogens is 409 g/mol. The average molecular weight is 430 g/mol. The minimum atomic E-state index is -0.0737. The SMILES string of the molecule is OCc1cc(Oc2ccccc2Cl)ccc1N1CCC(Nc2ncccc2Cl)C1. The number of anilines is 2.